The zero-order chi connectivity index (χ0) is 13.7. The molecule has 0 radical (unpaired) electrons. The van der Waals surface area contributed by atoms with Gasteiger partial charge in [-0.05, 0) is 37.8 Å². The van der Waals surface area contributed by atoms with E-state index in [9.17, 15) is 4.79 Å². The maximum absolute atomic E-state index is 11.4. The van der Waals surface area contributed by atoms with Gasteiger partial charge in [0.25, 0.3) is 0 Å². The molecule has 104 valence electrons. The first-order valence-electron chi connectivity index (χ1n) is 6.61. The van der Waals surface area contributed by atoms with E-state index in [1.54, 1.807) is 7.11 Å². The molecule has 0 unspecified atom stereocenters. The maximum atomic E-state index is 11.4. The molecule has 2 rings (SSSR count). The Hall–Kier alpha value is -1.71. The van der Waals surface area contributed by atoms with Crippen LogP contribution in [0.5, 0.6) is 11.5 Å². The largest absolute Gasteiger partial charge is 0.497 e. The minimum absolute atomic E-state index is 0.0372. The minimum atomic E-state index is -0.0974. The topological polar surface area (TPSA) is 44.8 Å². The lowest BCUT2D eigenvalue weighted by molar-refractivity contribution is -0.147. The van der Waals surface area contributed by atoms with Crippen LogP contribution in [0.3, 0.4) is 0 Å². The number of rotatable bonds is 4. The van der Waals surface area contributed by atoms with E-state index in [2.05, 4.69) is 0 Å². The van der Waals surface area contributed by atoms with Gasteiger partial charge < -0.3 is 14.2 Å². The fourth-order valence-electron chi connectivity index (χ4n) is 2.45. The molecule has 4 heteroatoms. The Morgan fingerprint density at radius 2 is 1.79 bits per heavy atom. The van der Waals surface area contributed by atoms with Crippen molar-refractivity contribution < 1.29 is 19.0 Å². The summed E-state index contributed by atoms with van der Waals surface area (Å²) in [6.07, 6.45) is 3.62. The van der Waals surface area contributed by atoms with Gasteiger partial charge in [-0.25, -0.2) is 0 Å². The zero-order valence-electron chi connectivity index (χ0n) is 11.4. The number of hydrogen-bond donors (Lipinski definition) is 0. The molecular formula is C15H20O4. The molecule has 0 heterocycles. The predicted octanol–water partition coefficient (Wildman–Crippen LogP) is 2.81. The van der Waals surface area contributed by atoms with Crippen molar-refractivity contribution in [3.63, 3.8) is 0 Å². The first-order valence-corrected chi connectivity index (χ1v) is 6.61. The lowest BCUT2D eigenvalue weighted by atomic mass is 9.87. The van der Waals surface area contributed by atoms with E-state index in [-0.39, 0.29) is 18.0 Å². The molecule has 0 aliphatic heterocycles. The van der Waals surface area contributed by atoms with Crippen molar-refractivity contribution in [2.75, 3.05) is 14.2 Å². The fraction of sp³-hybridized carbons (Fsp3) is 0.533. The molecule has 19 heavy (non-hydrogen) atoms. The third-order valence-electron chi connectivity index (χ3n) is 3.55. The van der Waals surface area contributed by atoms with Crippen molar-refractivity contribution in [2.45, 2.75) is 31.8 Å². The second-order valence-corrected chi connectivity index (χ2v) is 4.79. The summed E-state index contributed by atoms with van der Waals surface area (Å²) in [5, 5.41) is 0. The smallest absolute Gasteiger partial charge is 0.308 e. The van der Waals surface area contributed by atoms with E-state index in [1.165, 1.54) is 7.11 Å². The van der Waals surface area contributed by atoms with Gasteiger partial charge in [0, 0.05) is 6.07 Å². The summed E-state index contributed by atoms with van der Waals surface area (Å²) in [6, 6.07) is 7.61. The first-order chi connectivity index (χ1) is 9.22. The molecule has 1 aliphatic carbocycles. The van der Waals surface area contributed by atoms with Gasteiger partial charge in [-0.1, -0.05) is 6.07 Å². The third kappa shape index (κ3) is 3.63. The molecule has 0 spiro atoms. The molecule has 1 saturated carbocycles. The number of methoxy groups -OCH3 is 2. The molecule has 0 bridgehead atoms. The zero-order valence-corrected chi connectivity index (χ0v) is 11.4. The molecule has 1 aromatic carbocycles. The molecule has 0 amide bonds. The lowest BCUT2D eigenvalue weighted by Crippen LogP contribution is -2.28. The van der Waals surface area contributed by atoms with Crippen LogP contribution in [0.2, 0.25) is 0 Å². The van der Waals surface area contributed by atoms with Crippen molar-refractivity contribution in [1.29, 1.82) is 0 Å². The van der Waals surface area contributed by atoms with Gasteiger partial charge in [0.2, 0.25) is 0 Å². The van der Waals surface area contributed by atoms with Crippen molar-refractivity contribution in [2.24, 2.45) is 5.92 Å². The quantitative estimate of drug-likeness (QED) is 0.784. The van der Waals surface area contributed by atoms with Gasteiger partial charge in [0.05, 0.1) is 26.2 Å². The average Bonchev–Trinajstić information content (AvgIpc) is 2.47. The monoisotopic (exact) mass is 264 g/mol. The molecule has 0 aromatic heterocycles. The van der Waals surface area contributed by atoms with Crippen molar-refractivity contribution in [3.8, 4) is 11.5 Å². The Labute approximate surface area is 113 Å². The van der Waals surface area contributed by atoms with E-state index in [0.717, 1.165) is 37.2 Å². The van der Waals surface area contributed by atoms with Crippen LogP contribution in [-0.2, 0) is 9.53 Å². The highest BCUT2D eigenvalue weighted by Crippen LogP contribution is 2.29. The molecule has 4 nitrogen and oxygen atoms in total. The number of carbonyl (C=O) groups excluding carboxylic acids is 1. The predicted molar refractivity (Wildman–Crippen MR) is 71.4 cm³/mol. The number of hydrogen-bond acceptors (Lipinski definition) is 4. The van der Waals surface area contributed by atoms with E-state index >= 15 is 0 Å². The maximum Gasteiger partial charge on any atom is 0.308 e. The van der Waals surface area contributed by atoms with Crippen LogP contribution in [-0.4, -0.2) is 26.3 Å². The van der Waals surface area contributed by atoms with Crippen LogP contribution in [0.1, 0.15) is 25.7 Å². The molecule has 1 fully saturated rings. The van der Waals surface area contributed by atoms with Crippen LogP contribution in [0.15, 0.2) is 24.3 Å². The second-order valence-electron chi connectivity index (χ2n) is 4.79. The highest BCUT2D eigenvalue weighted by Gasteiger charge is 2.27. The number of benzene rings is 1. The number of carbonyl (C=O) groups is 1. The van der Waals surface area contributed by atoms with Crippen LogP contribution in [0, 0.1) is 5.92 Å². The van der Waals surface area contributed by atoms with E-state index in [1.807, 2.05) is 24.3 Å². The van der Waals surface area contributed by atoms with Crippen LogP contribution in [0.4, 0.5) is 0 Å². The summed E-state index contributed by atoms with van der Waals surface area (Å²) >= 11 is 0. The molecule has 0 N–H and O–H groups in total. The number of ether oxygens (including phenoxy) is 3. The summed E-state index contributed by atoms with van der Waals surface area (Å²) in [4.78, 5) is 11.4. The Kier molecular flexibility index (Phi) is 4.66. The normalized spacial score (nSPS) is 22.6. The van der Waals surface area contributed by atoms with Gasteiger partial charge in [0.1, 0.15) is 11.5 Å². The Morgan fingerprint density at radius 1 is 1.11 bits per heavy atom. The summed E-state index contributed by atoms with van der Waals surface area (Å²) in [6.45, 7) is 0. The van der Waals surface area contributed by atoms with E-state index < -0.39 is 0 Å². The highest BCUT2D eigenvalue weighted by molar-refractivity contribution is 5.72. The van der Waals surface area contributed by atoms with Crippen LogP contribution < -0.4 is 9.47 Å². The van der Waals surface area contributed by atoms with E-state index in [4.69, 9.17) is 14.2 Å². The van der Waals surface area contributed by atoms with Crippen LogP contribution >= 0.6 is 0 Å². The van der Waals surface area contributed by atoms with Crippen molar-refractivity contribution in [3.05, 3.63) is 24.3 Å². The Balaban J connectivity index is 1.86. The Morgan fingerprint density at radius 3 is 2.42 bits per heavy atom. The minimum Gasteiger partial charge on any atom is -0.497 e. The lowest BCUT2D eigenvalue weighted by Gasteiger charge is -2.27. The summed E-state index contributed by atoms with van der Waals surface area (Å²) < 4.78 is 15.9. The SMILES string of the molecule is COc1cccc(O[C@H]2CC[C@H](C(=O)OC)CC2)c1. The van der Waals surface area contributed by atoms with E-state index in [0.29, 0.717) is 0 Å². The van der Waals surface area contributed by atoms with Gasteiger partial charge >= 0.3 is 5.97 Å². The average molecular weight is 264 g/mol. The standard InChI is InChI=1S/C15H20O4/c1-17-13-4-3-5-14(10-13)19-12-8-6-11(7-9-12)15(16)18-2/h3-5,10-12H,6-9H2,1-2H3/t11-,12-. The fourth-order valence-corrected chi connectivity index (χ4v) is 2.45. The van der Waals surface area contributed by atoms with Gasteiger partial charge in [-0.2, -0.15) is 0 Å². The number of esters is 1. The molecular weight excluding hydrogens is 244 g/mol. The third-order valence-corrected chi connectivity index (χ3v) is 3.55. The first kappa shape index (κ1) is 13.7. The molecule has 0 saturated heterocycles. The summed E-state index contributed by atoms with van der Waals surface area (Å²) in [5.41, 5.74) is 0. The molecule has 1 aromatic rings. The van der Waals surface area contributed by atoms with Crippen LogP contribution in [0.25, 0.3) is 0 Å². The highest BCUT2D eigenvalue weighted by atomic mass is 16.5. The Bertz CT molecular complexity index is 422. The van der Waals surface area contributed by atoms with Crippen molar-refractivity contribution in [1.82, 2.24) is 0 Å². The molecule has 1 aliphatic rings. The van der Waals surface area contributed by atoms with Gasteiger partial charge in [-0.3, -0.25) is 4.79 Å². The van der Waals surface area contributed by atoms with Gasteiger partial charge in [-0.15, -0.1) is 0 Å². The van der Waals surface area contributed by atoms with Crippen molar-refractivity contribution >= 4 is 5.97 Å². The summed E-state index contributed by atoms with van der Waals surface area (Å²) in [7, 11) is 3.09. The second kappa shape index (κ2) is 6.45. The molecule has 0 atom stereocenters. The summed E-state index contributed by atoms with van der Waals surface area (Å²) in [5.74, 6) is 1.55. The van der Waals surface area contributed by atoms with Gasteiger partial charge in [0.15, 0.2) is 0 Å².